The summed E-state index contributed by atoms with van der Waals surface area (Å²) < 4.78 is 1.81. The largest absolute Gasteiger partial charge is 0.350 e. The molecule has 0 fully saturated rings. The molecule has 0 bridgehead atoms. The summed E-state index contributed by atoms with van der Waals surface area (Å²) in [7, 11) is 1.86. The van der Waals surface area contributed by atoms with Crippen LogP contribution in [-0.4, -0.2) is 35.1 Å². The highest BCUT2D eigenvalue weighted by molar-refractivity contribution is 7.20. The van der Waals surface area contributed by atoms with Gasteiger partial charge >= 0.3 is 0 Å². The van der Waals surface area contributed by atoms with Gasteiger partial charge in [0, 0.05) is 25.6 Å². The minimum atomic E-state index is -0.128. The molecule has 1 aliphatic heterocycles. The molecule has 25 heavy (non-hydrogen) atoms. The van der Waals surface area contributed by atoms with Gasteiger partial charge in [0.1, 0.15) is 10.7 Å². The molecule has 2 aromatic heterocycles. The summed E-state index contributed by atoms with van der Waals surface area (Å²) in [5.41, 5.74) is 0.759. The Morgan fingerprint density at radius 1 is 1.36 bits per heavy atom. The molecule has 0 saturated heterocycles. The highest BCUT2D eigenvalue weighted by atomic mass is 35.5. The van der Waals surface area contributed by atoms with Crippen LogP contribution in [0.4, 0.5) is 0 Å². The van der Waals surface area contributed by atoms with Crippen LogP contribution in [0.15, 0.2) is 4.79 Å². The molecular formula is C17H25ClN4O2S. The van der Waals surface area contributed by atoms with Crippen LogP contribution in [0, 0.1) is 6.92 Å². The van der Waals surface area contributed by atoms with Gasteiger partial charge in [0.15, 0.2) is 0 Å². The van der Waals surface area contributed by atoms with E-state index >= 15 is 0 Å². The zero-order valence-corrected chi connectivity index (χ0v) is 16.5. The van der Waals surface area contributed by atoms with Gasteiger partial charge in [-0.15, -0.1) is 23.7 Å². The molecule has 138 valence electrons. The van der Waals surface area contributed by atoms with Gasteiger partial charge in [-0.1, -0.05) is 6.42 Å². The van der Waals surface area contributed by atoms with Crippen molar-refractivity contribution >= 4 is 39.9 Å². The second-order valence-electron chi connectivity index (χ2n) is 6.43. The lowest BCUT2D eigenvalue weighted by Crippen LogP contribution is -2.37. The first-order chi connectivity index (χ1) is 11.5. The van der Waals surface area contributed by atoms with Crippen molar-refractivity contribution in [2.24, 2.45) is 0 Å². The maximum Gasteiger partial charge on any atom is 0.262 e. The number of nitrogens with zero attached hydrogens (tertiary/aromatic N) is 2. The van der Waals surface area contributed by atoms with Crippen molar-refractivity contribution in [1.29, 1.82) is 0 Å². The average Bonchev–Trinajstić information content (AvgIpc) is 2.74. The number of hydrogen-bond donors (Lipinski definition) is 2. The van der Waals surface area contributed by atoms with Crippen molar-refractivity contribution in [3.05, 3.63) is 26.6 Å². The van der Waals surface area contributed by atoms with E-state index in [2.05, 4.69) is 10.6 Å². The SMILES string of the molecule is CNC(C)CNC(=O)c1sc2nc3n(c(=O)c2c1C)CCCCC3.Cl. The van der Waals surface area contributed by atoms with E-state index in [9.17, 15) is 9.59 Å². The van der Waals surface area contributed by atoms with Crippen molar-refractivity contribution in [1.82, 2.24) is 20.2 Å². The van der Waals surface area contributed by atoms with Crippen LogP contribution in [0.2, 0.25) is 0 Å². The zero-order chi connectivity index (χ0) is 17.3. The Kier molecular flexibility index (Phi) is 6.59. The number of aromatic nitrogens is 2. The number of nitrogens with one attached hydrogen (secondary N) is 2. The van der Waals surface area contributed by atoms with E-state index in [0.717, 1.165) is 43.6 Å². The number of likely N-dealkylation sites (N-methyl/N-ethyl adjacent to an activating group) is 1. The quantitative estimate of drug-likeness (QED) is 0.847. The first kappa shape index (κ1) is 19.9. The zero-order valence-electron chi connectivity index (χ0n) is 14.8. The summed E-state index contributed by atoms with van der Waals surface area (Å²) in [6, 6.07) is 0.198. The standard InChI is InChI=1S/C17H24N4O2S.ClH/c1-10(18-3)9-19-15(22)14-11(2)13-16(24-14)20-12-7-5-4-6-8-21(12)17(13)23;/h10,18H,4-9H2,1-3H3,(H,19,22);1H. The number of aryl methyl sites for hydroxylation is 2. The van der Waals surface area contributed by atoms with Crippen molar-refractivity contribution in [2.45, 2.75) is 52.1 Å². The molecule has 0 radical (unpaired) electrons. The minimum Gasteiger partial charge on any atom is -0.350 e. The van der Waals surface area contributed by atoms with Gasteiger partial charge in [-0.3, -0.25) is 14.2 Å². The summed E-state index contributed by atoms with van der Waals surface area (Å²) >= 11 is 1.33. The Morgan fingerprint density at radius 3 is 2.84 bits per heavy atom. The summed E-state index contributed by atoms with van der Waals surface area (Å²) in [6.07, 6.45) is 4.05. The number of carbonyl (C=O) groups is 1. The van der Waals surface area contributed by atoms with Gasteiger partial charge in [0.05, 0.1) is 10.3 Å². The predicted octanol–water partition coefficient (Wildman–Crippen LogP) is 2.25. The lowest BCUT2D eigenvalue weighted by Gasteiger charge is -2.10. The third-order valence-electron chi connectivity index (χ3n) is 4.68. The van der Waals surface area contributed by atoms with Crippen LogP contribution >= 0.6 is 23.7 Å². The lowest BCUT2D eigenvalue weighted by molar-refractivity contribution is 0.0954. The lowest BCUT2D eigenvalue weighted by atomic mass is 10.2. The molecule has 0 aliphatic carbocycles. The Hall–Kier alpha value is -1.44. The van der Waals surface area contributed by atoms with E-state index in [1.165, 1.54) is 11.3 Å². The van der Waals surface area contributed by atoms with Gasteiger partial charge in [-0.05, 0) is 39.3 Å². The smallest absolute Gasteiger partial charge is 0.262 e. The average molecular weight is 385 g/mol. The molecular weight excluding hydrogens is 360 g/mol. The molecule has 0 spiro atoms. The third kappa shape index (κ3) is 3.88. The van der Waals surface area contributed by atoms with Gasteiger partial charge in [-0.25, -0.2) is 4.98 Å². The first-order valence-electron chi connectivity index (χ1n) is 8.51. The molecule has 0 aromatic carbocycles. The fourth-order valence-electron chi connectivity index (χ4n) is 3.05. The van der Waals surface area contributed by atoms with Crippen LogP contribution in [-0.2, 0) is 13.0 Å². The molecule has 3 rings (SSSR count). The first-order valence-corrected chi connectivity index (χ1v) is 9.33. The topological polar surface area (TPSA) is 76.0 Å². The van der Waals surface area contributed by atoms with Crippen LogP contribution in [0.1, 0.15) is 47.2 Å². The molecule has 1 unspecified atom stereocenters. The van der Waals surface area contributed by atoms with Gasteiger partial charge in [0.2, 0.25) is 0 Å². The van der Waals surface area contributed by atoms with Crippen molar-refractivity contribution in [3.63, 3.8) is 0 Å². The van der Waals surface area contributed by atoms with Crippen LogP contribution < -0.4 is 16.2 Å². The molecule has 6 nitrogen and oxygen atoms in total. The normalized spacial score (nSPS) is 15.2. The van der Waals surface area contributed by atoms with Gasteiger partial charge in [0.25, 0.3) is 11.5 Å². The maximum atomic E-state index is 12.9. The monoisotopic (exact) mass is 384 g/mol. The van der Waals surface area contributed by atoms with Crippen LogP contribution in [0.3, 0.4) is 0 Å². The molecule has 8 heteroatoms. The number of hydrogen-bond acceptors (Lipinski definition) is 5. The fraction of sp³-hybridized carbons (Fsp3) is 0.588. The van der Waals surface area contributed by atoms with E-state index in [4.69, 9.17) is 4.98 Å². The molecule has 1 aliphatic rings. The Balaban J connectivity index is 0.00000225. The second kappa shape index (κ2) is 8.29. The summed E-state index contributed by atoms with van der Waals surface area (Å²) in [5.74, 6) is 0.735. The molecule has 2 N–H and O–H groups in total. The van der Waals surface area contributed by atoms with Crippen LogP contribution in [0.25, 0.3) is 10.2 Å². The third-order valence-corrected chi connectivity index (χ3v) is 5.86. The number of halogens is 1. The second-order valence-corrected chi connectivity index (χ2v) is 7.43. The van der Waals surface area contributed by atoms with Crippen molar-refractivity contribution in [2.75, 3.05) is 13.6 Å². The Bertz CT molecular complexity index is 830. The van der Waals surface area contributed by atoms with Crippen molar-refractivity contribution < 1.29 is 4.79 Å². The molecule has 0 saturated carbocycles. The molecule has 1 amide bonds. The highest BCUT2D eigenvalue weighted by Crippen LogP contribution is 2.28. The minimum absolute atomic E-state index is 0. The van der Waals surface area contributed by atoms with E-state index in [1.54, 1.807) is 4.57 Å². The molecule has 2 aromatic rings. The predicted molar refractivity (Wildman–Crippen MR) is 104 cm³/mol. The van der Waals surface area contributed by atoms with Gasteiger partial charge in [-0.2, -0.15) is 0 Å². The molecule has 3 heterocycles. The number of thiophene rings is 1. The van der Waals surface area contributed by atoms with E-state index in [-0.39, 0.29) is 29.9 Å². The van der Waals surface area contributed by atoms with Crippen molar-refractivity contribution in [3.8, 4) is 0 Å². The number of fused-ring (bicyclic) bond motifs is 2. The number of amides is 1. The maximum absolute atomic E-state index is 12.9. The van der Waals surface area contributed by atoms with E-state index < -0.39 is 0 Å². The van der Waals surface area contributed by atoms with Crippen LogP contribution in [0.5, 0.6) is 0 Å². The molecule has 1 atom stereocenters. The Morgan fingerprint density at radius 2 is 2.12 bits per heavy atom. The van der Waals surface area contributed by atoms with E-state index in [1.807, 2.05) is 20.9 Å². The summed E-state index contributed by atoms with van der Waals surface area (Å²) in [6.45, 7) is 5.13. The summed E-state index contributed by atoms with van der Waals surface area (Å²) in [4.78, 5) is 31.4. The number of carbonyl (C=O) groups excluding carboxylic acids is 1. The summed E-state index contributed by atoms with van der Waals surface area (Å²) in [5, 5.41) is 6.62. The van der Waals surface area contributed by atoms with E-state index in [0.29, 0.717) is 21.6 Å². The van der Waals surface area contributed by atoms with Gasteiger partial charge < -0.3 is 10.6 Å². The number of rotatable bonds is 4. The fourth-order valence-corrected chi connectivity index (χ4v) is 4.16. The Labute approximate surface area is 157 Å². The highest BCUT2D eigenvalue weighted by Gasteiger charge is 2.22.